The van der Waals surface area contributed by atoms with Crippen LogP contribution >= 0.6 is 11.8 Å². The van der Waals surface area contributed by atoms with E-state index in [1.807, 2.05) is 46.4 Å². The maximum atomic E-state index is 12.2. The molecular formula is C16H32N2O2S. The molecule has 0 bridgehead atoms. The third-order valence-electron chi connectivity index (χ3n) is 3.62. The van der Waals surface area contributed by atoms with Gasteiger partial charge in [-0.1, -0.05) is 6.92 Å². The molecule has 4 nitrogen and oxygen atoms in total. The number of hydrogen-bond donors (Lipinski definition) is 1. The van der Waals surface area contributed by atoms with Gasteiger partial charge in [0, 0.05) is 30.4 Å². The quantitative estimate of drug-likeness (QED) is 0.843. The van der Waals surface area contributed by atoms with Crippen molar-refractivity contribution in [2.75, 3.05) is 18.8 Å². The lowest BCUT2D eigenvalue weighted by Gasteiger charge is -2.32. The molecule has 124 valence electrons. The summed E-state index contributed by atoms with van der Waals surface area (Å²) in [7, 11) is 0. The Morgan fingerprint density at radius 2 is 2.10 bits per heavy atom. The standard InChI is InChI=1S/C16H32N2O2S/c1-12(2)18(15(19)20-16(4,5)6)10-9-17-14-8-7-11-21-13(14)3/h12-14,17H,7-11H2,1-6H3. The van der Waals surface area contributed by atoms with E-state index in [2.05, 4.69) is 12.2 Å². The number of ether oxygens (including phenoxy) is 1. The summed E-state index contributed by atoms with van der Waals surface area (Å²) >= 11 is 2.04. The number of hydrogen-bond acceptors (Lipinski definition) is 4. The fourth-order valence-corrected chi connectivity index (χ4v) is 3.61. The topological polar surface area (TPSA) is 41.6 Å². The molecule has 1 saturated heterocycles. The van der Waals surface area contributed by atoms with Crippen LogP contribution in [-0.4, -0.2) is 52.8 Å². The van der Waals surface area contributed by atoms with Gasteiger partial charge in [-0.15, -0.1) is 0 Å². The van der Waals surface area contributed by atoms with Crippen molar-refractivity contribution in [2.45, 2.75) is 77.3 Å². The van der Waals surface area contributed by atoms with E-state index in [0.717, 1.165) is 6.54 Å². The van der Waals surface area contributed by atoms with Gasteiger partial charge in [0.1, 0.15) is 5.60 Å². The summed E-state index contributed by atoms with van der Waals surface area (Å²) in [6, 6.07) is 0.719. The van der Waals surface area contributed by atoms with Gasteiger partial charge in [-0.3, -0.25) is 0 Å². The zero-order valence-corrected chi connectivity index (χ0v) is 15.3. The Balaban J connectivity index is 2.42. The third kappa shape index (κ3) is 6.92. The second-order valence-corrected chi connectivity index (χ2v) is 8.53. The number of carbonyl (C=O) groups excluding carboxylic acids is 1. The highest BCUT2D eigenvalue weighted by Crippen LogP contribution is 2.24. The fraction of sp³-hybridized carbons (Fsp3) is 0.938. The second-order valence-electron chi connectivity index (χ2n) is 7.05. The van der Waals surface area contributed by atoms with Gasteiger partial charge in [0.25, 0.3) is 0 Å². The van der Waals surface area contributed by atoms with Crippen LogP contribution in [0.25, 0.3) is 0 Å². The average molecular weight is 317 g/mol. The molecule has 0 radical (unpaired) electrons. The van der Waals surface area contributed by atoms with E-state index in [9.17, 15) is 4.79 Å². The van der Waals surface area contributed by atoms with Crippen molar-refractivity contribution in [1.29, 1.82) is 0 Å². The molecule has 1 aliphatic rings. The fourth-order valence-electron chi connectivity index (χ4n) is 2.44. The Morgan fingerprint density at radius 3 is 2.62 bits per heavy atom. The molecule has 0 spiro atoms. The number of rotatable bonds is 5. The van der Waals surface area contributed by atoms with Gasteiger partial charge in [-0.25, -0.2) is 4.79 Å². The van der Waals surface area contributed by atoms with Crippen molar-refractivity contribution < 1.29 is 9.53 Å². The first kappa shape index (κ1) is 18.6. The monoisotopic (exact) mass is 316 g/mol. The van der Waals surface area contributed by atoms with Gasteiger partial charge < -0.3 is 15.0 Å². The van der Waals surface area contributed by atoms with Crippen LogP contribution in [0.5, 0.6) is 0 Å². The molecule has 5 heteroatoms. The molecule has 1 fully saturated rings. The molecule has 1 N–H and O–H groups in total. The van der Waals surface area contributed by atoms with E-state index in [-0.39, 0.29) is 12.1 Å². The van der Waals surface area contributed by atoms with E-state index >= 15 is 0 Å². The molecule has 21 heavy (non-hydrogen) atoms. The van der Waals surface area contributed by atoms with E-state index in [1.165, 1.54) is 18.6 Å². The van der Waals surface area contributed by atoms with Crippen LogP contribution in [0.1, 0.15) is 54.4 Å². The molecule has 2 unspecified atom stereocenters. The van der Waals surface area contributed by atoms with Gasteiger partial charge in [0.15, 0.2) is 0 Å². The van der Waals surface area contributed by atoms with Crippen molar-refractivity contribution in [2.24, 2.45) is 0 Å². The van der Waals surface area contributed by atoms with Crippen LogP contribution in [-0.2, 0) is 4.74 Å². The minimum absolute atomic E-state index is 0.153. The Bertz CT molecular complexity index is 329. The first-order valence-corrected chi connectivity index (χ1v) is 9.10. The first-order chi connectivity index (χ1) is 9.70. The summed E-state index contributed by atoms with van der Waals surface area (Å²) in [6.45, 7) is 13.6. The lowest BCUT2D eigenvalue weighted by Crippen LogP contribution is -2.47. The van der Waals surface area contributed by atoms with Crippen LogP contribution in [0.3, 0.4) is 0 Å². The van der Waals surface area contributed by atoms with Crippen LogP contribution < -0.4 is 5.32 Å². The second kappa shape index (κ2) is 8.28. The summed E-state index contributed by atoms with van der Waals surface area (Å²) in [5, 5.41) is 4.26. The Morgan fingerprint density at radius 1 is 1.43 bits per heavy atom. The Labute approximate surface area is 134 Å². The summed E-state index contributed by atoms with van der Waals surface area (Å²) in [4.78, 5) is 14.0. The van der Waals surface area contributed by atoms with Crippen LogP contribution in [0.15, 0.2) is 0 Å². The first-order valence-electron chi connectivity index (χ1n) is 8.05. The van der Waals surface area contributed by atoms with Crippen molar-refractivity contribution in [1.82, 2.24) is 10.2 Å². The molecule has 0 aromatic rings. The largest absolute Gasteiger partial charge is 0.444 e. The lowest BCUT2D eigenvalue weighted by atomic mass is 10.1. The minimum Gasteiger partial charge on any atom is -0.444 e. The minimum atomic E-state index is -0.438. The van der Waals surface area contributed by atoms with Crippen LogP contribution in [0.4, 0.5) is 4.79 Å². The molecule has 0 aromatic carbocycles. The highest BCUT2D eigenvalue weighted by atomic mass is 32.2. The normalized spacial score (nSPS) is 23.2. The summed E-state index contributed by atoms with van der Waals surface area (Å²) in [6.07, 6.45) is 2.31. The van der Waals surface area contributed by atoms with E-state index in [0.29, 0.717) is 17.8 Å². The Hall–Kier alpha value is -0.420. The van der Waals surface area contributed by atoms with E-state index in [1.54, 1.807) is 4.90 Å². The number of carbonyl (C=O) groups is 1. The van der Waals surface area contributed by atoms with Gasteiger partial charge in [0.2, 0.25) is 0 Å². The maximum absolute atomic E-state index is 12.2. The molecule has 1 rings (SSSR count). The molecule has 1 heterocycles. The van der Waals surface area contributed by atoms with Gasteiger partial charge in [0.05, 0.1) is 0 Å². The third-order valence-corrected chi connectivity index (χ3v) is 5.00. The van der Waals surface area contributed by atoms with Crippen molar-refractivity contribution in [3.8, 4) is 0 Å². The zero-order chi connectivity index (χ0) is 16.0. The lowest BCUT2D eigenvalue weighted by molar-refractivity contribution is 0.0192. The molecular weight excluding hydrogens is 284 g/mol. The summed E-state index contributed by atoms with van der Waals surface area (Å²) < 4.78 is 5.48. The van der Waals surface area contributed by atoms with Crippen molar-refractivity contribution in [3.05, 3.63) is 0 Å². The van der Waals surface area contributed by atoms with E-state index < -0.39 is 5.60 Å². The number of thioether (sulfide) groups is 1. The van der Waals surface area contributed by atoms with Crippen molar-refractivity contribution in [3.63, 3.8) is 0 Å². The predicted molar refractivity (Wildman–Crippen MR) is 91.0 cm³/mol. The highest BCUT2D eigenvalue weighted by Gasteiger charge is 2.25. The summed E-state index contributed by atoms with van der Waals surface area (Å²) in [5.74, 6) is 1.27. The molecule has 1 amide bonds. The Kier molecular flexibility index (Phi) is 7.34. The summed E-state index contributed by atoms with van der Waals surface area (Å²) in [5.41, 5.74) is -0.438. The van der Waals surface area contributed by atoms with Gasteiger partial charge >= 0.3 is 6.09 Å². The van der Waals surface area contributed by atoms with Crippen molar-refractivity contribution >= 4 is 17.9 Å². The maximum Gasteiger partial charge on any atom is 0.410 e. The molecule has 1 aliphatic heterocycles. The number of amides is 1. The van der Waals surface area contributed by atoms with Crippen LogP contribution in [0.2, 0.25) is 0 Å². The van der Waals surface area contributed by atoms with Gasteiger partial charge in [-0.2, -0.15) is 11.8 Å². The average Bonchev–Trinajstić information content (AvgIpc) is 2.33. The smallest absolute Gasteiger partial charge is 0.410 e. The molecule has 0 aromatic heterocycles. The SMILES string of the molecule is CC1SCCCC1NCCN(C(=O)OC(C)(C)C)C(C)C. The molecule has 2 atom stereocenters. The van der Waals surface area contributed by atoms with E-state index in [4.69, 9.17) is 4.74 Å². The number of nitrogens with one attached hydrogen (secondary N) is 1. The van der Waals surface area contributed by atoms with Crippen LogP contribution in [0, 0.1) is 0 Å². The predicted octanol–water partition coefficient (Wildman–Crippen LogP) is 3.51. The zero-order valence-electron chi connectivity index (χ0n) is 14.4. The molecule has 0 aliphatic carbocycles. The highest BCUT2D eigenvalue weighted by molar-refractivity contribution is 7.99. The van der Waals surface area contributed by atoms with Gasteiger partial charge in [-0.05, 0) is 53.2 Å². The number of nitrogens with zero attached hydrogens (tertiary/aromatic N) is 1. The molecule has 0 saturated carbocycles.